The summed E-state index contributed by atoms with van der Waals surface area (Å²) >= 11 is 0. The number of hydrogen-bond donors (Lipinski definition) is 4. The van der Waals surface area contributed by atoms with Crippen LogP contribution in [0, 0.1) is 5.92 Å². The van der Waals surface area contributed by atoms with Gasteiger partial charge >= 0.3 is 30.5 Å². The summed E-state index contributed by atoms with van der Waals surface area (Å²) in [5.74, 6) is -1.88. The van der Waals surface area contributed by atoms with Crippen LogP contribution < -0.4 is 21.3 Å². The van der Waals surface area contributed by atoms with Gasteiger partial charge in [0.2, 0.25) is 5.91 Å². The highest BCUT2D eigenvalue weighted by Crippen LogP contribution is 2.19. The van der Waals surface area contributed by atoms with Crippen molar-refractivity contribution in [2.24, 2.45) is 5.92 Å². The van der Waals surface area contributed by atoms with Crippen molar-refractivity contribution < 1.29 is 62.1 Å². The number of nitrogens with one attached hydrogen (secondary N) is 4. The highest BCUT2D eigenvalue weighted by Gasteiger charge is 2.33. The Bertz CT molecular complexity index is 1960. The monoisotopic (exact) mass is 933 g/mol. The van der Waals surface area contributed by atoms with Crippen molar-refractivity contribution in [3.8, 4) is 0 Å². The summed E-state index contributed by atoms with van der Waals surface area (Å²) in [7, 11) is 0. The lowest BCUT2D eigenvalue weighted by Crippen LogP contribution is -2.45. The smallest absolute Gasteiger partial charge is 0.444 e. The number of hydroxylamine groups is 2. The number of rotatable bonds is 25. The van der Waals surface area contributed by atoms with E-state index in [-0.39, 0.29) is 65.3 Å². The molecule has 366 valence electrons. The topological polar surface area (TPSA) is 226 Å². The largest absolute Gasteiger partial charge is 0.445 e. The SMILES string of the molecule is CC(C)(C)OC(=O)N(OCCNC(=O)[C@H](CCCCNC(=O)OCc1ccccc1)CC(=O)[C@H](CCCCNC(=O)OCc1ccccc1)NC(=O)OCc1ccccc1)C(=O)OC(C)(C)C. The van der Waals surface area contributed by atoms with Gasteiger partial charge in [-0.15, -0.1) is 0 Å². The first-order valence-electron chi connectivity index (χ1n) is 22.4. The van der Waals surface area contributed by atoms with Crippen LogP contribution in [-0.2, 0) is 57.9 Å². The average molecular weight is 934 g/mol. The molecule has 0 aliphatic heterocycles. The van der Waals surface area contributed by atoms with Crippen LogP contribution in [0.2, 0.25) is 0 Å². The maximum Gasteiger partial charge on any atom is 0.444 e. The van der Waals surface area contributed by atoms with Gasteiger partial charge in [0.1, 0.15) is 31.0 Å². The summed E-state index contributed by atoms with van der Waals surface area (Å²) in [5.41, 5.74) is 0.475. The molecule has 2 atom stereocenters. The quantitative estimate of drug-likeness (QED) is 0.0357. The zero-order chi connectivity index (χ0) is 49.1. The number of hydrogen-bond acceptors (Lipinski definition) is 13. The molecule has 0 bridgehead atoms. The first-order chi connectivity index (χ1) is 31.9. The summed E-state index contributed by atoms with van der Waals surface area (Å²) < 4.78 is 26.6. The third-order valence-corrected chi connectivity index (χ3v) is 9.32. The van der Waals surface area contributed by atoms with Gasteiger partial charge in [0.25, 0.3) is 0 Å². The first-order valence-corrected chi connectivity index (χ1v) is 22.4. The highest BCUT2D eigenvalue weighted by atomic mass is 16.8. The van der Waals surface area contributed by atoms with Crippen LogP contribution in [0.25, 0.3) is 0 Å². The van der Waals surface area contributed by atoms with E-state index in [1.165, 1.54) is 0 Å². The fraction of sp³-hybridized carbons (Fsp3) is 0.490. The minimum atomic E-state index is -1.12. The second kappa shape index (κ2) is 29.1. The van der Waals surface area contributed by atoms with E-state index in [1.807, 2.05) is 66.7 Å². The molecule has 0 saturated heterocycles. The van der Waals surface area contributed by atoms with Gasteiger partial charge in [-0.25, -0.2) is 24.0 Å². The van der Waals surface area contributed by atoms with Gasteiger partial charge in [-0.1, -0.05) is 102 Å². The van der Waals surface area contributed by atoms with Crippen LogP contribution in [0.4, 0.5) is 24.0 Å². The summed E-state index contributed by atoms with van der Waals surface area (Å²) in [6.45, 7) is 9.80. The Balaban J connectivity index is 1.67. The lowest BCUT2D eigenvalue weighted by atomic mass is 9.91. The number of ketones is 1. The van der Waals surface area contributed by atoms with Crippen molar-refractivity contribution >= 4 is 42.2 Å². The van der Waals surface area contributed by atoms with Crippen molar-refractivity contribution in [1.29, 1.82) is 0 Å². The number of carbonyl (C=O) groups excluding carboxylic acids is 7. The number of ether oxygens (including phenoxy) is 5. The molecule has 3 rings (SSSR count). The van der Waals surface area contributed by atoms with Gasteiger partial charge in [0.15, 0.2) is 5.78 Å². The van der Waals surface area contributed by atoms with Crippen molar-refractivity contribution in [2.45, 2.75) is 124 Å². The van der Waals surface area contributed by atoms with Crippen molar-refractivity contribution in [1.82, 2.24) is 26.3 Å². The molecule has 0 radical (unpaired) electrons. The number of carbonyl (C=O) groups is 7. The second-order valence-corrected chi connectivity index (χ2v) is 17.5. The van der Waals surface area contributed by atoms with Crippen molar-refractivity contribution in [2.75, 3.05) is 26.2 Å². The number of nitrogens with zero attached hydrogens (tertiary/aromatic N) is 1. The van der Waals surface area contributed by atoms with Crippen molar-refractivity contribution in [3.63, 3.8) is 0 Å². The van der Waals surface area contributed by atoms with E-state index in [4.69, 9.17) is 28.5 Å². The molecule has 6 amide bonds. The molecule has 4 N–H and O–H groups in total. The number of unbranched alkanes of at least 4 members (excludes halogenated alkanes) is 2. The predicted octanol–water partition coefficient (Wildman–Crippen LogP) is 8.27. The number of amides is 6. The van der Waals surface area contributed by atoms with E-state index in [1.54, 1.807) is 65.8 Å². The molecule has 0 aromatic heterocycles. The molecule has 18 heteroatoms. The Hall–Kier alpha value is -6.69. The molecule has 0 heterocycles. The summed E-state index contributed by atoms with van der Waals surface area (Å²) in [6.07, 6.45) is -2.47. The van der Waals surface area contributed by atoms with Crippen LogP contribution in [0.15, 0.2) is 91.0 Å². The number of alkyl carbamates (subject to hydrolysis) is 3. The number of benzene rings is 3. The zero-order valence-corrected chi connectivity index (χ0v) is 39.5. The van der Waals surface area contributed by atoms with E-state index < -0.39 is 65.3 Å². The molecule has 0 spiro atoms. The molecular formula is C49H67N5O13. The van der Waals surface area contributed by atoms with Gasteiger partial charge in [0, 0.05) is 32.0 Å². The molecule has 0 unspecified atom stereocenters. The lowest BCUT2D eigenvalue weighted by molar-refractivity contribution is -0.140. The van der Waals surface area contributed by atoms with E-state index in [0.29, 0.717) is 30.7 Å². The van der Waals surface area contributed by atoms with E-state index in [9.17, 15) is 33.6 Å². The zero-order valence-electron chi connectivity index (χ0n) is 39.5. The second-order valence-electron chi connectivity index (χ2n) is 17.5. The molecule has 67 heavy (non-hydrogen) atoms. The van der Waals surface area contributed by atoms with E-state index in [2.05, 4.69) is 21.3 Å². The Morgan fingerprint density at radius 1 is 0.522 bits per heavy atom. The number of imide groups is 1. The fourth-order valence-corrected chi connectivity index (χ4v) is 6.09. The Labute approximate surface area is 393 Å². The molecule has 0 saturated carbocycles. The maximum absolute atomic E-state index is 14.1. The maximum atomic E-state index is 14.1. The van der Waals surface area contributed by atoms with Crippen LogP contribution in [-0.4, -0.2) is 90.7 Å². The van der Waals surface area contributed by atoms with Crippen LogP contribution in [0.5, 0.6) is 0 Å². The molecule has 0 aliphatic rings. The van der Waals surface area contributed by atoms with Crippen LogP contribution >= 0.6 is 0 Å². The van der Waals surface area contributed by atoms with Gasteiger partial charge in [-0.05, 0) is 90.3 Å². The van der Waals surface area contributed by atoms with Gasteiger partial charge in [-0.2, -0.15) is 0 Å². The molecule has 0 fully saturated rings. The minimum absolute atomic E-state index is 0.0389. The predicted molar refractivity (Wildman–Crippen MR) is 247 cm³/mol. The standard InChI is InChI=1S/C49H67N5O13/c1-48(2,3)66-46(60)54(47(61)67-49(4,5)6)65-31-30-50-42(56)39(26-16-18-28-51-43(57)62-33-36-20-10-7-11-21-36)32-41(55)40(53-45(59)64-35-38-24-14-9-15-25-38)27-17-19-29-52-44(58)63-34-37-22-12-8-13-23-37/h7-15,20-25,39-40H,16-19,26-35H2,1-6H3,(H,50,56)(H,51,57)(H,52,58)(H,53,59)/t39-,40+/m1/s1. The third-order valence-electron chi connectivity index (χ3n) is 9.32. The summed E-state index contributed by atoms with van der Waals surface area (Å²) in [4.78, 5) is 96.8. The third kappa shape index (κ3) is 24.4. The lowest BCUT2D eigenvalue weighted by Gasteiger charge is -2.27. The fourth-order valence-electron chi connectivity index (χ4n) is 6.09. The average Bonchev–Trinajstić information content (AvgIpc) is 3.28. The Morgan fingerprint density at radius 3 is 1.37 bits per heavy atom. The summed E-state index contributed by atoms with van der Waals surface area (Å²) in [5, 5.41) is 11.1. The molecular weight excluding hydrogens is 867 g/mol. The van der Waals surface area contributed by atoms with Crippen LogP contribution in [0.3, 0.4) is 0 Å². The van der Waals surface area contributed by atoms with E-state index in [0.717, 1.165) is 16.7 Å². The van der Waals surface area contributed by atoms with Crippen LogP contribution in [0.1, 0.15) is 103 Å². The molecule has 18 nitrogen and oxygen atoms in total. The van der Waals surface area contributed by atoms with Gasteiger partial charge < -0.3 is 45.0 Å². The highest BCUT2D eigenvalue weighted by molar-refractivity contribution is 5.91. The van der Waals surface area contributed by atoms with Gasteiger partial charge in [-0.3, -0.25) is 14.4 Å². The molecule has 0 aliphatic carbocycles. The first kappa shape index (κ1) is 54.6. The molecule has 3 aromatic carbocycles. The number of Topliss-reactive ketones (excluding diaryl/α,β-unsaturated/α-hetero) is 1. The van der Waals surface area contributed by atoms with Crippen molar-refractivity contribution in [3.05, 3.63) is 108 Å². The van der Waals surface area contributed by atoms with Gasteiger partial charge in [0.05, 0.1) is 12.6 Å². The minimum Gasteiger partial charge on any atom is -0.445 e. The Kier molecular flexibility index (Phi) is 23.7. The normalized spacial score (nSPS) is 12.0. The van der Waals surface area contributed by atoms with E-state index >= 15 is 0 Å². The summed E-state index contributed by atoms with van der Waals surface area (Å²) in [6, 6.07) is 26.4. The Morgan fingerprint density at radius 2 is 0.940 bits per heavy atom. The molecule has 3 aromatic rings.